The second kappa shape index (κ2) is 11.0. The van der Waals surface area contributed by atoms with Gasteiger partial charge in [0.25, 0.3) is 0 Å². The highest BCUT2D eigenvalue weighted by molar-refractivity contribution is 6.25. The number of hydrogen-bond donors (Lipinski definition) is 5. The van der Waals surface area contributed by atoms with Crippen LogP contribution in [0.1, 0.15) is 5.56 Å². The second-order valence-corrected chi connectivity index (χ2v) is 8.15. The van der Waals surface area contributed by atoms with Crippen LogP contribution in [-0.2, 0) is 19.1 Å². The van der Waals surface area contributed by atoms with Crippen molar-refractivity contribution < 1.29 is 24.2 Å². The molecule has 5 N–H and O–H groups in total. The molecule has 10 heteroatoms. The van der Waals surface area contributed by atoms with E-state index in [4.69, 9.17) is 14.6 Å². The highest BCUT2D eigenvalue weighted by Gasteiger charge is 2.38. The van der Waals surface area contributed by atoms with Gasteiger partial charge in [0, 0.05) is 42.8 Å². The zero-order valence-electron chi connectivity index (χ0n) is 19.6. The fourth-order valence-electron chi connectivity index (χ4n) is 3.87. The van der Waals surface area contributed by atoms with Gasteiger partial charge in [-0.3, -0.25) is 9.79 Å². The van der Waals surface area contributed by atoms with E-state index in [0.717, 1.165) is 16.8 Å². The normalized spacial score (nSPS) is 21.5. The summed E-state index contributed by atoms with van der Waals surface area (Å²) in [4.78, 5) is 30.5. The van der Waals surface area contributed by atoms with Gasteiger partial charge in [-0.1, -0.05) is 6.08 Å². The Morgan fingerprint density at radius 2 is 2.20 bits per heavy atom. The van der Waals surface area contributed by atoms with Crippen molar-refractivity contribution in [1.29, 1.82) is 0 Å². The summed E-state index contributed by atoms with van der Waals surface area (Å²) in [6, 6.07) is 5.53. The van der Waals surface area contributed by atoms with Crippen molar-refractivity contribution in [3.8, 4) is 0 Å². The number of aliphatic hydroxyl groups is 1. The van der Waals surface area contributed by atoms with Crippen molar-refractivity contribution in [2.45, 2.75) is 13.1 Å². The van der Waals surface area contributed by atoms with Crippen LogP contribution in [0, 0.1) is 12.8 Å². The van der Waals surface area contributed by atoms with Gasteiger partial charge in [-0.2, -0.15) is 0 Å². The molecule has 1 aromatic carbocycles. The van der Waals surface area contributed by atoms with Crippen molar-refractivity contribution in [3.05, 3.63) is 71.0 Å². The molecule has 0 spiro atoms. The molecule has 0 saturated heterocycles. The molecule has 0 fully saturated rings. The van der Waals surface area contributed by atoms with Crippen LogP contribution in [-0.4, -0.2) is 62.6 Å². The van der Waals surface area contributed by atoms with Crippen LogP contribution >= 0.6 is 0 Å². The third kappa shape index (κ3) is 5.44. The summed E-state index contributed by atoms with van der Waals surface area (Å²) in [5, 5.41) is 21.3. The minimum atomic E-state index is -0.756. The number of nitrogens with one attached hydrogen (secondary N) is 4. The van der Waals surface area contributed by atoms with Crippen molar-refractivity contribution in [2.75, 3.05) is 44.0 Å². The molecule has 3 aliphatic rings. The third-order valence-corrected chi connectivity index (χ3v) is 5.69. The van der Waals surface area contributed by atoms with E-state index in [1.54, 1.807) is 31.6 Å². The Balaban J connectivity index is 1.59. The van der Waals surface area contributed by atoms with Crippen molar-refractivity contribution in [1.82, 2.24) is 10.6 Å². The maximum absolute atomic E-state index is 13.2. The summed E-state index contributed by atoms with van der Waals surface area (Å²) < 4.78 is 11.2. The van der Waals surface area contributed by atoms with Crippen molar-refractivity contribution >= 4 is 29.3 Å². The van der Waals surface area contributed by atoms with Crippen LogP contribution in [0.15, 0.2) is 70.4 Å². The van der Waals surface area contributed by atoms with Crippen molar-refractivity contribution in [2.24, 2.45) is 10.9 Å². The maximum atomic E-state index is 13.2. The predicted molar refractivity (Wildman–Crippen MR) is 133 cm³/mol. The number of aliphatic imine (C=N–C) groups is 1. The fraction of sp³-hybridized carbons (Fsp3) is 0.320. The first kappa shape index (κ1) is 24.2. The van der Waals surface area contributed by atoms with Gasteiger partial charge in [0.1, 0.15) is 12.8 Å². The minimum Gasteiger partial charge on any atom is -0.460 e. The van der Waals surface area contributed by atoms with Crippen LogP contribution in [0.25, 0.3) is 0 Å². The first-order valence-corrected chi connectivity index (χ1v) is 11.4. The summed E-state index contributed by atoms with van der Waals surface area (Å²) in [7, 11) is 1.74. The number of aryl methyl sites for hydroxylation is 1. The van der Waals surface area contributed by atoms with Gasteiger partial charge in [0.2, 0.25) is 11.7 Å². The monoisotopic (exact) mass is 479 g/mol. The van der Waals surface area contributed by atoms with Crippen LogP contribution in [0.2, 0.25) is 0 Å². The summed E-state index contributed by atoms with van der Waals surface area (Å²) >= 11 is 0. The second-order valence-electron chi connectivity index (χ2n) is 8.15. The highest BCUT2D eigenvalue weighted by atomic mass is 16.5. The predicted octanol–water partition coefficient (Wildman–Crippen LogP) is 1.34. The van der Waals surface area contributed by atoms with E-state index in [1.807, 2.05) is 31.2 Å². The van der Waals surface area contributed by atoms with E-state index in [2.05, 4.69) is 26.3 Å². The number of rotatable bonds is 10. The number of esters is 1. The summed E-state index contributed by atoms with van der Waals surface area (Å²) in [6.45, 7) is 2.90. The summed E-state index contributed by atoms with van der Waals surface area (Å²) in [6.07, 6.45) is 8.89. The molecule has 2 atom stereocenters. The number of carbonyl (C=O) groups is 2. The molecule has 2 unspecified atom stereocenters. The van der Waals surface area contributed by atoms with Gasteiger partial charge in [-0.05, 0) is 55.5 Å². The number of carbonyl (C=O) groups excluding carboxylic acids is 2. The molecule has 3 heterocycles. The van der Waals surface area contributed by atoms with E-state index in [-0.39, 0.29) is 42.5 Å². The van der Waals surface area contributed by atoms with E-state index in [1.165, 1.54) is 0 Å². The van der Waals surface area contributed by atoms with Gasteiger partial charge in [0.15, 0.2) is 11.3 Å². The molecule has 3 aliphatic heterocycles. The Kier molecular flexibility index (Phi) is 7.64. The average Bonchev–Trinajstić information content (AvgIpc) is 3.40. The topological polar surface area (TPSA) is 133 Å². The van der Waals surface area contributed by atoms with E-state index >= 15 is 0 Å². The van der Waals surface area contributed by atoms with Gasteiger partial charge < -0.3 is 35.8 Å². The number of aliphatic hydroxyl groups excluding tert-OH is 1. The number of anilines is 2. The number of nitrogens with zero attached hydrogens (tertiary/aromatic N) is 1. The molecule has 10 nitrogen and oxygen atoms in total. The Labute approximate surface area is 203 Å². The first-order chi connectivity index (χ1) is 17.0. The number of ether oxygens (including phenoxy) is 2. The summed E-state index contributed by atoms with van der Waals surface area (Å²) in [5.74, 6) is -1.28. The Morgan fingerprint density at radius 1 is 1.34 bits per heavy atom. The zero-order valence-corrected chi connectivity index (χ0v) is 19.6. The number of dihydropyridines is 1. The number of allylic oxidation sites excluding steroid dienone is 3. The van der Waals surface area contributed by atoms with Crippen molar-refractivity contribution in [3.63, 3.8) is 0 Å². The van der Waals surface area contributed by atoms with Crippen LogP contribution in [0.4, 0.5) is 11.4 Å². The minimum absolute atomic E-state index is 0.0196. The lowest BCUT2D eigenvalue weighted by Gasteiger charge is -2.17. The van der Waals surface area contributed by atoms with E-state index in [0.29, 0.717) is 18.8 Å². The maximum Gasteiger partial charge on any atom is 0.347 e. The van der Waals surface area contributed by atoms with Gasteiger partial charge in [0.05, 0.1) is 6.61 Å². The summed E-state index contributed by atoms with van der Waals surface area (Å²) in [5.41, 5.74) is 2.99. The Morgan fingerprint density at radius 3 is 2.97 bits per heavy atom. The fourth-order valence-corrected chi connectivity index (χ4v) is 3.87. The standard InChI is InChI=1S/C25H29N5O5/c1-15-12-17(27-8-10-31)5-6-19(15)30-24-21(25(33)34-11-9-26-2)22(32)20(35-24)13-16-14-29-23-18(16)4-3-7-28-23/h3-7,12-14,18,23,26-27,29-31H,8-11H2,1-2H3/b20-13-. The SMILES string of the molecule is CNCCOC(=O)C1=C(Nc2ccc(NCCO)cc2C)O/C(=C\C2=CNC3N=CC=CC23)C1=O. The Bertz CT molecular complexity index is 1150. The van der Waals surface area contributed by atoms with E-state index < -0.39 is 11.8 Å². The average molecular weight is 480 g/mol. The molecule has 0 bridgehead atoms. The lowest BCUT2D eigenvalue weighted by molar-refractivity contribution is -0.139. The molecule has 0 amide bonds. The highest BCUT2D eigenvalue weighted by Crippen LogP contribution is 2.33. The van der Waals surface area contributed by atoms with Crippen LogP contribution in [0.5, 0.6) is 0 Å². The van der Waals surface area contributed by atoms with Crippen LogP contribution < -0.4 is 21.3 Å². The number of fused-ring (bicyclic) bond motifs is 1. The van der Waals surface area contributed by atoms with Crippen LogP contribution in [0.3, 0.4) is 0 Å². The smallest absolute Gasteiger partial charge is 0.347 e. The van der Waals surface area contributed by atoms with Gasteiger partial charge >= 0.3 is 5.97 Å². The number of likely N-dealkylation sites (N-methyl/N-ethyl adjacent to an activating group) is 1. The molecule has 35 heavy (non-hydrogen) atoms. The molecular weight excluding hydrogens is 450 g/mol. The molecule has 1 aromatic rings. The quantitative estimate of drug-likeness (QED) is 0.146. The lowest BCUT2D eigenvalue weighted by atomic mass is 9.96. The molecule has 0 aliphatic carbocycles. The molecule has 0 saturated carbocycles. The lowest BCUT2D eigenvalue weighted by Crippen LogP contribution is -2.25. The number of benzene rings is 1. The molecule has 184 valence electrons. The van der Waals surface area contributed by atoms with Gasteiger partial charge in [-0.25, -0.2) is 4.79 Å². The number of ketones is 1. The zero-order chi connectivity index (χ0) is 24.8. The number of hydrogen-bond acceptors (Lipinski definition) is 10. The molecular formula is C25H29N5O5. The first-order valence-electron chi connectivity index (χ1n) is 11.4. The molecule has 0 radical (unpaired) electrons. The third-order valence-electron chi connectivity index (χ3n) is 5.69. The molecule has 0 aromatic heterocycles. The number of Topliss-reactive ketones (excluding diaryl/α,β-unsaturated/α-hetero) is 1. The van der Waals surface area contributed by atoms with Gasteiger partial charge in [-0.15, -0.1) is 0 Å². The largest absolute Gasteiger partial charge is 0.460 e. The van der Waals surface area contributed by atoms with E-state index in [9.17, 15) is 9.59 Å². The Hall–Kier alpha value is -3.89. The molecule has 4 rings (SSSR count).